The number of hydrogen-bond acceptors (Lipinski definition) is 3. The zero-order valence-corrected chi connectivity index (χ0v) is 52.1. The molecule has 0 saturated heterocycles. The lowest BCUT2D eigenvalue weighted by Gasteiger charge is -2.47. The molecule has 3 aliphatic rings. The number of aromatic nitrogens is 2. The lowest BCUT2D eigenvalue weighted by atomic mass is 9.33. The summed E-state index contributed by atoms with van der Waals surface area (Å²) in [6.45, 7) is 34.7. The van der Waals surface area contributed by atoms with Gasteiger partial charge in [0, 0.05) is 50.0 Å². The van der Waals surface area contributed by atoms with E-state index in [-0.39, 0.29) is 33.8 Å². The van der Waals surface area contributed by atoms with Crippen molar-refractivity contribution < 1.29 is 0 Å². The molecule has 0 unspecified atom stereocenters. The van der Waals surface area contributed by atoms with Crippen LogP contribution in [0.15, 0.2) is 176 Å². The molecule has 10 aromatic carbocycles. The van der Waals surface area contributed by atoms with Gasteiger partial charge in [-0.3, -0.25) is 0 Å². The molecule has 0 aliphatic carbocycles. The quantitative estimate of drug-likeness (QED) is 0.166. The van der Waals surface area contributed by atoms with Crippen LogP contribution < -0.4 is 26.2 Å². The van der Waals surface area contributed by atoms with Gasteiger partial charge in [0.25, 0.3) is 6.71 Å². The molecule has 6 heteroatoms. The van der Waals surface area contributed by atoms with Gasteiger partial charge < -0.3 is 18.9 Å². The van der Waals surface area contributed by atoms with Gasteiger partial charge in [0.15, 0.2) is 0 Å². The molecule has 0 amide bonds. The van der Waals surface area contributed by atoms with E-state index < -0.39 is 0 Å². The first-order valence-electron chi connectivity index (χ1n) is 30.6. The Morgan fingerprint density at radius 3 is 1.46 bits per heavy atom. The zero-order chi connectivity index (χ0) is 59.3. The number of hydrogen-bond donors (Lipinski definition) is 0. The first kappa shape index (κ1) is 53.0. The third-order valence-corrected chi connectivity index (χ3v) is 19.2. The summed E-state index contributed by atoms with van der Waals surface area (Å²) in [6, 6.07) is 70.3. The van der Waals surface area contributed by atoms with Crippen molar-refractivity contribution in [2.24, 2.45) is 0 Å². The second-order valence-corrected chi connectivity index (χ2v) is 29.9. The lowest BCUT2D eigenvalue weighted by molar-refractivity contribution is 0.590. The molecular formula is C79H74BN5. The fraction of sp³-hybridized carbons (Fsp3) is 0.253. The van der Waals surface area contributed by atoms with Crippen LogP contribution >= 0.6 is 0 Å². The summed E-state index contributed by atoms with van der Waals surface area (Å²) in [5.74, 6) is 0. The van der Waals surface area contributed by atoms with E-state index in [4.69, 9.17) is 0 Å². The van der Waals surface area contributed by atoms with Gasteiger partial charge in [-0.05, 0) is 184 Å². The molecule has 0 bridgehead atoms. The largest absolute Gasteiger partial charge is 0.311 e. The highest BCUT2D eigenvalue weighted by atomic mass is 15.2. The van der Waals surface area contributed by atoms with E-state index in [0.717, 1.165) is 39.7 Å². The Kier molecular flexibility index (Phi) is 11.0. The molecule has 0 spiro atoms. The second-order valence-electron chi connectivity index (χ2n) is 29.9. The first-order valence-corrected chi connectivity index (χ1v) is 30.6. The van der Waals surface area contributed by atoms with Crippen molar-refractivity contribution in [2.75, 3.05) is 9.80 Å². The summed E-state index contributed by atoms with van der Waals surface area (Å²) in [5, 5.41) is 18.9. The van der Waals surface area contributed by atoms with E-state index in [1.165, 1.54) is 116 Å². The predicted molar refractivity (Wildman–Crippen MR) is 364 cm³/mol. The summed E-state index contributed by atoms with van der Waals surface area (Å²) in [6.07, 6.45) is 0. The van der Waals surface area contributed by atoms with E-state index in [0.29, 0.717) is 5.56 Å². The van der Waals surface area contributed by atoms with Crippen molar-refractivity contribution in [3.63, 3.8) is 0 Å². The van der Waals surface area contributed by atoms with Crippen LogP contribution in [-0.2, 0) is 27.1 Å². The number of nitrogens with zero attached hydrogens (tertiary/aromatic N) is 5. The van der Waals surface area contributed by atoms with Gasteiger partial charge in [-0.2, -0.15) is 5.26 Å². The molecule has 5 nitrogen and oxygen atoms in total. The van der Waals surface area contributed by atoms with E-state index in [9.17, 15) is 5.26 Å². The van der Waals surface area contributed by atoms with Crippen LogP contribution in [0, 0.1) is 11.3 Å². The summed E-state index contributed by atoms with van der Waals surface area (Å²) >= 11 is 0. The summed E-state index contributed by atoms with van der Waals surface area (Å²) in [5.41, 5.74) is 26.3. The minimum absolute atomic E-state index is 0.0273. The molecule has 15 rings (SSSR count). The number of anilines is 6. The van der Waals surface area contributed by atoms with E-state index in [2.05, 4.69) is 305 Å². The number of benzene rings is 10. The number of fused-ring (bicyclic) bond motifs is 13. The van der Waals surface area contributed by atoms with Crippen LogP contribution in [0.4, 0.5) is 34.1 Å². The van der Waals surface area contributed by atoms with Gasteiger partial charge in [-0.15, -0.1) is 0 Å². The average Bonchev–Trinajstić information content (AvgIpc) is 1.79. The van der Waals surface area contributed by atoms with Crippen LogP contribution in [0.3, 0.4) is 0 Å². The fourth-order valence-corrected chi connectivity index (χ4v) is 14.4. The Bertz CT molecular complexity index is 4850. The summed E-state index contributed by atoms with van der Waals surface area (Å²) < 4.78 is 5.10. The van der Waals surface area contributed by atoms with Crippen LogP contribution in [0.1, 0.15) is 137 Å². The Morgan fingerprint density at radius 2 is 0.871 bits per heavy atom. The number of nitriles is 1. The Labute approximate surface area is 501 Å². The molecule has 0 saturated carbocycles. The van der Waals surface area contributed by atoms with Crippen LogP contribution in [-0.4, -0.2) is 15.8 Å². The minimum atomic E-state index is -0.183. The fourth-order valence-electron chi connectivity index (χ4n) is 14.4. The monoisotopic (exact) mass is 1100 g/mol. The van der Waals surface area contributed by atoms with Crippen LogP contribution in [0.2, 0.25) is 0 Å². The van der Waals surface area contributed by atoms with Crippen molar-refractivity contribution in [1.29, 1.82) is 5.26 Å². The molecule has 0 atom stereocenters. The maximum Gasteiger partial charge on any atom is 0.252 e. The van der Waals surface area contributed by atoms with E-state index in [1.807, 2.05) is 0 Å². The molecule has 0 fully saturated rings. The number of rotatable bonds is 3. The molecule has 85 heavy (non-hydrogen) atoms. The summed E-state index contributed by atoms with van der Waals surface area (Å²) in [4.78, 5) is 5.06. The summed E-state index contributed by atoms with van der Waals surface area (Å²) in [7, 11) is 0. The molecule has 5 heterocycles. The normalized spacial score (nSPS) is 14.0. The van der Waals surface area contributed by atoms with Gasteiger partial charge in [0.1, 0.15) is 0 Å². The third kappa shape index (κ3) is 7.88. The van der Waals surface area contributed by atoms with Crippen molar-refractivity contribution in [3.8, 4) is 28.6 Å². The Morgan fingerprint density at radius 1 is 0.365 bits per heavy atom. The van der Waals surface area contributed by atoms with Crippen molar-refractivity contribution >= 4 is 112 Å². The minimum Gasteiger partial charge on any atom is -0.311 e. The van der Waals surface area contributed by atoms with E-state index >= 15 is 0 Å². The second kappa shape index (κ2) is 17.6. The van der Waals surface area contributed by atoms with Crippen LogP contribution in [0.25, 0.3) is 76.9 Å². The topological polar surface area (TPSA) is 40.1 Å². The van der Waals surface area contributed by atoms with Gasteiger partial charge >= 0.3 is 0 Å². The molecule has 2 aromatic heterocycles. The van der Waals surface area contributed by atoms with Crippen molar-refractivity contribution in [3.05, 3.63) is 209 Å². The lowest BCUT2D eigenvalue weighted by Crippen LogP contribution is -2.62. The van der Waals surface area contributed by atoms with Gasteiger partial charge in [-0.25, -0.2) is 0 Å². The highest BCUT2D eigenvalue weighted by molar-refractivity contribution is 7.00. The first-order chi connectivity index (χ1) is 40.3. The molecule has 0 radical (unpaired) electrons. The Balaban J connectivity index is 1.06. The molecule has 3 aliphatic heterocycles. The SMILES string of the molecule is CC(C)(C)c1cc2c3c(c1)-n1c4ccc(C(C)(C)C)cc4c4cc(C(C)(C)C)cc(c41)N3c1cc(C#N)cc3c1B2c1ccc(-n2c4ccc(C(C)(C)C)cc4c4cc(C(C)(C)C)ccc42)cc1N3c1ccc(-c2cccc3ccccc23)cc1. The van der Waals surface area contributed by atoms with Crippen LogP contribution in [0.5, 0.6) is 0 Å². The average molecular weight is 1100 g/mol. The molecule has 0 N–H and O–H groups in total. The predicted octanol–water partition coefficient (Wildman–Crippen LogP) is 19.5. The molecule has 12 aromatic rings. The maximum absolute atomic E-state index is 11.5. The molecular weight excluding hydrogens is 1030 g/mol. The van der Waals surface area contributed by atoms with E-state index in [1.54, 1.807) is 0 Å². The maximum atomic E-state index is 11.5. The standard InChI is InChI=1S/C79H74BN5/c1-75(2,3)49-25-32-64-58(37-49)59-38-50(76(4,5)6)26-33-65(59)83(64)55-30-31-62-67(44-55)82(54-28-23-48(24-29-54)57-22-18-20-47-19-16-17-21-56(47)57)68-35-46(45-81)36-69-72(68)80(62)63-41-53(79(13,14)15)43-71-74(63)85(69)70-42-52(78(10,11)12)40-61-60-39-51(77(7,8)9)27-34-66(60)84(71)73(61)70/h16-44H,1-15H3. The van der Waals surface area contributed by atoms with Gasteiger partial charge in [-0.1, -0.05) is 189 Å². The highest BCUT2D eigenvalue weighted by Gasteiger charge is 2.48. The van der Waals surface area contributed by atoms with Gasteiger partial charge in [0.2, 0.25) is 0 Å². The van der Waals surface area contributed by atoms with Crippen molar-refractivity contribution in [1.82, 2.24) is 9.13 Å². The third-order valence-electron chi connectivity index (χ3n) is 19.2. The Hall–Kier alpha value is -8.79. The zero-order valence-electron chi connectivity index (χ0n) is 52.1. The van der Waals surface area contributed by atoms with Crippen molar-refractivity contribution in [2.45, 2.75) is 131 Å². The van der Waals surface area contributed by atoms with Gasteiger partial charge in [0.05, 0.1) is 50.8 Å². The highest BCUT2D eigenvalue weighted by Crippen LogP contribution is 2.55. The smallest absolute Gasteiger partial charge is 0.252 e. The molecule has 418 valence electrons.